The van der Waals surface area contributed by atoms with Crippen LogP contribution >= 0.6 is 0 Å². The van der Waals surface area contributed by atoms with Crippen LogP contribution in [0.1, 0.15) is 77.5 Å². The van der Waals surface area contributed by atoms with Crippen LogP contribution in [-0.4, -0.2) is 92.1 Å². The maximum absolute atomic E-state index is 14.1. The van der Waals surface area contributed by atoms with Gasteiger partial charge in [-0.15, -0.1) is 5.10 Å². The number of aryl methyl sites for hydroxylation is 1. The fourth-order valence-electron chi connectivity index (χ4n) is 6.38. The van der Waals surface area contributed by atoms with E-state index in [-0.39, 0.29) is 43.0 Å². The number of nitrogens with two attached hydrogens (primary N) is 1. The molecule has 3 heterocycles. The first kappa shape index (κ1) is 38.0. The Labute approximate surface area is 292 Å². The van der Waals surface area contributed by atoms with E-state index in [1.807, 2.05) is 58.0 Å². The number of primary amides is 1. The first-order valence-corrected chi connectivity index (χ1v) is 17.6. The first-order valence-electron chi connectivity index (χ1n) is 17.6. The lowest BCUT2D eigenvalue weighted by Crippen LogP contribution is -2.60. The van der Waals surface area contributed by atoms with E-state index >= 15 is 0 Å². The zero-order valence-corrected chi connectivity index (χ0v) is 29.4. The van der Waals surface area contributed by atoms with Gasteiger partial charge in [0.2, 0.25) is 35.4 Å². The Kier molecular flexibility index (Phi) is 13.5. The molecule has 4 rings (SSSR count). The van der Waals surface area contributed by atoms with Gasteiger partial charge in [-0.3, -0.25) is 28.8 Å². The number of fused-ring (bicyclic) bond motifs is 3. The van der Waals surface area contributed by atoms with Crippen LogP contribution in [0.25, 0.3) is 0 Å². The summed E-state index contributed by atoms with van der Waals surface area (Å²) in [5.41, 5.74) is 7.02. The molecule has 0 aliphatic carbocycles. The van der Waals surface area contributed by atoms with Crippen LogP contribution in [0, 0.1) is 11.8 Å². The quantitative estimate of drug-likeness (QED) is 0.247. The van der Waals surface area contributed by atoms with Gasteiger partial charge in [-0.05, 0) is 49.5 Å². The molecule has 0 spiro atoms. The van der Waals surface area contributed by atoms with E-state index in [2.05, 4.69) is 31.6 Å². The third kappa shape index (κ3) is 10.3. The van der Waals surface area contributed by atoms with E-state index in [0.29, 0.717) is 50.8 Å². The molecule has 1 aromatic heterocycles. The third-order valence-electron chi connectivity index (χ3n) is 9.34. The third-order valence-corrected chi connectivity index (χ3v) is 9.34. The summed E-state index contributed by atoms with van der Waals surface area (Å²) in [6, 6.07) is 4.40. The second-order valence-corrected chi connectivity index (χ2v) is 13.8. The number of carbonyl (C=O) groups excluding carboxylic acids is 6. The zero-order chi connectivity index (χ0) is 36.4. The molecule has 6 atom stereocenters. The molecule has 15 nitrogen and oxygen atoms in total. The number of carbonyl (C=O) groups is 6. The van der Waals surface area contributed by atoms with Crippen molar-refractivity contribution < 1.29 is 28.8 Å². The average Bonchev–Trinajstić information content (AvgIpc) is 3.75. The Morgan fingerprint density at radius 1 is 1.00 bits per heavy atom. The summed E-state index contributed by atoms with van der Waals surface area (Å²) in [7, 11) is 0. The van der Waals surface area contributed by atoms with Gasteiger partial charge in [0.1, 0.15) is 30.2 Å². The van der Waals surface area contributed by atoms with Crippen LogP contribution in [-0.2, 0) is 48.2 Å². The van der Waals surface area contributed by atoms with Crippen molar-refractivity contribution in [1.29, 1.82) is 0 Å². The van der Waals surface area contributed by atoms with Crippen LogP contribution in [0.4, 0.5) is 0 Å². The van der Waals surface area contributed by atoms with Crippen molar-refractivity contribution in [3.63, 3.8) is 0 Å². The van der Waals surface area contributed by atoms with Crippen molar-refractivity contribution in [2.45, 2.75) is 116 Å². The highest BCUT2D eigenvalue weighted by Gasteiger charge is 2.40. The van der Waals surface area contributed by atoms with Gasteiger partial charge in [0.05, 0.1) is 12.2 Å². The normalized spacial score (nSPS) is 23.7. The van der Waals surface area contributed by atoms with Gasteiger partial charge in [0.25, 0.3) is 0 Å². The second kappa shape index (κ2) is 17.7. The van der Waals surface area contributed by atoms with Gasteiger partial charge in [0, 0.05) is 25.6 Å². The molecule has 0 unspecified atom stereocenters. The molecule has 6 N–H and O–H groups in total. The molecule has 15 heteroatoms. The maximum atomic E-state index is 14.1. The van der Waals surface area contributed by atoms with Crippen molar-refractivity contribution in [1.82, 2.24) is 41.2 Å². The smallest absolute Gasteiger partial charge is 0.246 e. The summed E-state index contributed by atoms with van der Waals surface area (Å²) in [6.45, 7) is 7.69. The maximum Gasteiger partial charge on any atom is 0.246 e. The Morgan fingerprint density at radius 3 is 2.42 bits per heavy atom. The van der Waals surface area contributed by atoms with Crippen LogP contribution < -0.4 is 27.0 Å². The van der Waals surface area contributed by atoms with E-state index in [9.17, 15) is 28.8 Å². The molecular formula is C35H51N9O6. The number of nitrogens with one attached hydrogen (secondary N) is 4. The highest BCUT2D eigenvalue weighted by Crippen LogP contribution is 2.21. The summed E-state index contributed by atoms with van der Waals surface area (Å²) in [5.74, 6) is -3.41. The molecule has 6 amide bonds. The summed E-state index contributed by atoms with van der Waals surface area (Å²) in [4.78, 5) is 82.4. The summed E-state index contributed by atoms with van der Waals surface area (Å²) >= 11 is 0. The van der Waals surface area contributed by atoms with Gasteiger partial charge >= 0.3 is 0 Å². The number of nitrogens with zero attached hydrogens (tertiary/aromatic N) is 4. The van der Waals surface area contributed by atoms with Gasteiger partial charge in [-0.25, -0.2) is 4.68 Å². The largest absolute Gasteiger partial charge is 0.368 e. The lowest BCUT2D eigenvalue weighted by molar-refractivity contribution is -0.142. The van der Waals surface area contributed by atoms with E-state index in [4.69, 9.17) is 5.73 Å². The van der Waals surface area contributed by atoms with Crippen LogP contribution in [0.5, 0.6) is 0 Å². The minimum atomic E-state index is -1.20. The Balaban J connectivity index is 1.66. The number of rotatable bonds is 9. The molecule has 2 aliphatic heterocycles. The molecule has 1 aromatic carbocycles. The fourth-order valence-corrected chi connectivity index (χ4v) is 6.38. The van der Waals surface area contributed by atoms with E-state index in [1.54, 1.807) is 6.20 Å². The van der Waals surface area contributed by atoms with Crippen molar-refractivity contribution in [3.05, 3.63) is 47.8 Å². The molecule has 0 saturated carbocycles. The number of aromatic nitrogens is 3. The molecule has 0 radical (unpaired) electrons. The summed E-state index contributed by atoms with van der Waals surface area (Å²) < 4.78 is 1.41. The van der Waals surface area contributed by atoms with Gasteiger partial charge in [0.15, 0.2) is 0 Å². The predicted octanol–water partition coefficient (Wildman–Crippen LogP) is 0.365. The number of hydrogen-bond donors (Lipinski definition) is 5. The van der Waals surface area contributed by atoms with Crippen LogP contribution in [0.3, 0.4) is 0 Å². The molecule has 2 bridgehead atoms. The van der Waals surface area contributed by atoms with Gasteiger partial charge < -0.3 is 31.9 Å². The molecular weight excluding hydrogens is 642 g/mol. The van der Waals surface area contributed by atoms with Crippen molar-refractivity contribution in [3.8, 4) is 0 Å². The van der Waals surface area contributed by atoms with Crippen LogP contribution in [0.15, 0.2) is 36.5 Å². The lowest BCUT2D eigenvalue weighted by Gasteiger charge is -2.31. The van der Waals surface area contributed by atoms with Gasteiger partial charge in [-0.2, -0.15) is 0 Å². The van der Waals surface area contributed by atoms with E-state index < -0.39 is 53.8 Å². The Bertz CT molecular complexity index is 1510. The zero-order valence-electron chi connectivity index (χ0n) is 29.4. The van der Waals surface area contributed by atoms with Gasteiger partial charge in [-0.1, -0.05) is 69.7 Å². The first-order chi connectivity index (χ1) is 23.9. The topological polar surface area (TPSA) is 211 Å². The minimum Gasteiger partial charge on any atom is -0.368 e. The molecule has 272 valence electrons. The molecule has 50 heavy (non-hydrogen) atoms. The minimum absolute atomic E-state index is 0.0532. The standard InChI is InChI=1S/C35H51N9O6/c1-5-22(4)30-34(49)39-27(32(47)38-25(31(36)46)17-21(2)3)20-43-19-24(41-42-43)13-9-15-29(45)37-26(18-23-11-7-6-8-12-23)35(50)44-16-10-14-28(44)33(48)40-30/h6-8,11-12,19,21-22,25-28,30H,5,9-10,13-18,20H2,1-4H3,(H2,36,46)(H,37,45)(H,38,47)(H,39,49)(H,40,48)/t22-,25-,26-,27-,28-,30-/m0/s1. The van der Waals surface area contributed by atoms with Crippen molar-refractivity contribution >= 4 is 35.4 Å². The molecule has 1 saturated heterocycles. The SMILES string of the molecule is CC[C@H](C)[C@@H]1NC(=O)[C@@H]2CCCN2C(=O)[C@H](Cc2ccccc2)NC(=O)CCCc2cn(nn2)C[C@@H](C(=O)N[C@@H](CC(C)C)C(N)=O)NC1=O. The average molecular weight is 694 g/mol. The Morgan fingerprint density at radius 2 is 1.74 bits per heavy atom. The highest BCUT2D eigenvalue weighted by molar-refractivity contribution is 5.96. The van der Waals surface area contributed by atoms with Crippen molar-refractivity contribution in [2.75, 3.05) is 6.54 Å². The monoisotopic (exact) mass is 693 g/mol. The number of amides is 6. The van der Waals surface area contributed by atoms with Crippen molar-refractivity contribution in [2.24, 2.45) is 17.6 Å². The Hall–Kier alpha value is -4.82. The van der Waals surface area contributed by atoms with Crippen LogP contribution in [0.2, 0.25) is 0 Å². The molecule has 2 aromatic rings. The second-order valence-electron chi connectivity index (χ2n) is 13.8. The molecule has 2 aliphatic rings. The molecule has 1 fully saturated rings. The van der Waals surface area contributed by atoms with E-state index in [1.165, 1.54) is 9.58 Å². The number of benzene rings is 1. The summed E-state index contributed by atoms with van der Waals surface area (Å²) in [5, 5.41) is 19.6. The highest BCUT2D eigenvalue weighted by atomic mass is 16.2. The fraction of sp³-hybridized carbons (Fsp3) is 0.600. The lowest BCUT2D eigenvalue weighted by atomic mass is 9.97. The number of hydrogen-bond acceptors (Lipinski definition) is 8. The predicted molar refractivity (Wildman–Crippen MR) is 184 cm³/mol. The summed E-state index contributed by atoms with van der Waals surface area (Å²) in [6.07, 6.45) is 4.61. The van der Waals surface area contributed by atoms with E-state index in [0.717, 1.165) is 5.56 Å².